The smallest absolute Gasteiger partial charge is 0.336 e. The van der Waals surface area contributed by atoms with Crippen LogP contribution in [0.4, 0.5) is 0 Å². The van der Waals surface area contributed by atoms with Crippen molar-refractivity contribution in [3.8, 4) is 0 Å². The number of rotatable bonds is 4. The van der Waals surface area contributed by atoms with Gasteiger partial charge in [-0.3, -0.25) is 9.19 Å². The van der Waals surface area contributed by atoms with Crippen LogP contribution in [0, 0.1) is 0 Å². The maximum atomic E-state index is 12.1. The van der Waals surface area contributed by atoms with Crippen LogP contribution < -0.4 is 0 Å². The topological polar surface area (TPSA) is 67.3 Å². The fourth-order valence-electron chi connectivity index (χ4n) is 1.34. The summed E-state index contributed by atoms with van der Waals surface area (Å²) in [7, 11) is -1.26. The third-order valence-corrected chi connectivity index (χ3v) is 5.19. The number of carboxylic acids is 1. The Kier molecular flexibility index (Phi) is 4.26. The van der Waals surface area contributed by atoms with Gasteiger partial charge in [-0.2, -0.15) is 0 Å². The van der Waals surface area contributed by atoms with Gasteiger partial charge < -0.3 is 5.11 Å². The van der Waals surface area contributed by atoms with Gasteiger partial charge in [0.05, 0.1) is 27.6 Å². The first kappa shape index (κ1) is 13.4. The summed E-state index contributed by atoms with van der Waals surface area (Å²) in [5, 5.41) is 8.99. The molecule has 0 fully saturated rings. The summed E-state index contributed by atoms with van der Waals surface area (Å²) in [4.78, 5) is 16.3. The molecule has 1 atom stereocenters. The molecule has 0 bridgehead atoms. The average molecular weight is 346 g/mol. The Morgan fingerprint density at radius 2 is 2.28 bits per heavy atom. The molecule has 4 nitrogen and oxygen atoms in total. The minimum Gasteiger partial charge on any atom is -0.478 e. The number of benzene rings is 1. The quantitative estimate of drug-likeness (QED) is 0.924. The highest BCUT2D eigenvalue weighted by Crippen LogP contribution is 2.22. The second-order valence-corrected chi connectivity index (χ2v) is 6.68. The van der Waals surface area contributed by atoms with E-state index in [1.165, 1.54) is 17.4 Å². The molecule has 1 unspecified atom stereocenters. The van der Waals surface area contributed by atoms with Gasteiger partial charge in [0.2, 0.25) is 0 Å². The van der Waals surface area contributed by atoms with Crippen molar-refractivity contribution in [1.29, 1.82) is 0 Å². The normalized spacial score (nSPS) is 12.3. The van der Waals surface area contributed by atoms with Crippen LogP contribution in [0.2, 0.25) is 0 Å². The SMILES string of the molecule is O=C(O)c1cc(S(=O)Cc2cncs2)ccc1Br. The van der Waals surface area contributed by atoms with Crippen LogP contribution in [-0.4, -0.2) is 20.3 Å². The van der Waals surface area contributed by atoms with E-state index < -0.39 is 16.8 Å². The van der Waals surface area contributed by atoms with E-state index >= 15 is 0 Å². The maximum Gasteiger partial charge on any atom is 0.336 e. The Balaban J connectivity index is 2.26. The molecule has 0 saturated carbocycles. The average Bonchev–Trinajstić information content (AvgIpc) is 2.81. The van der Waals surface area contributed by atoms with Gasteiger partial charge >= 0.3 is 5.97 Å². The second-order valence-electron chi connectivity index (χ2n) is 3.40. The maximum absolute atomic E-state index is 12.1. The largest absolute Gasteiger partial charge is 0.478 e. The minimum atomic E-state index is -1.26. The molecule has 0 aliphatic rings. The van der Waals surface area contributed by atoms with Crippen LogP contribution in [0.25, 0.3) is 0 Å². The number of aromatic carboxylic acids is 1. The molecule has 94 valence electrons. The number of halogens is 1. The van der Waals surface area contributed by atoms with Crippen LogP contribution in [0.15, 0.2) is 39.3 Å². The van der Waals surface area contributed by atoms with E-state index in [0.717, 1.165) is 4.88 Å². The van der Waals surface area contributed by atoms with Crippen molar-refractivity contribution in [1.82, 2.24) is 4.98 Å². The molecule has 1 aromatic heterocycles. The zero-order chi connectivity index (χ0) is 13.1. The first-order valence-corrected chi connectivity index (χ1v) is 7.85. The first-order valence-electron chi connectivity index (χ1n) is 4.86. The molecule has 2 rings (SSSR count). The van der Waals surface area contributed by atoms with Crippen molar-refractivity contribution in [2.75, 3.05) is 0 Å². The zero-order valence-corrected chi connectivity index (χ0v) is 12.2. The standard InChI is InChI=1S/C11H8BrNO3S2/c12-10-2-1-8(3-9(10)11(14)15)18(16)5-7-4-13-6-17-7/h1-4,6H,5H2,(H,14,15). The molecule has 0 radical (unpaired) electrons. The molecule has 2 aromatic rings. The highest BCUT2D eigenvalue weighted by Gasteiger charge is 2.13. The molecule has 18 heavy (non-hydrogen) atoms. The van der Waals surface area contributed by atoms with Crippen molar-refractivity contribution in [3.05, 3.63) is 44.8 Å². The Labute approximate surface area is 118 Å². The lowest BCUT2D eigenvalue weighted by molar-refractivity contribution is 0.0695. The van der Waals surface area contributed by atoms with E-state index in [-0.39, 0.29) is 5.56 Å². The van der Waals surface area contributed by atoms with Crippen molar-refractivity contribution >= 4 is 44.0 Å². The van der Waals surface area contributed by atoms with Crippen molar-refractivity contribution in [2.45, 2.75) is 10.6 Å². The van der Waals surface area contributed by atoms with Gasteiger partial charge in [0.25, 0.3) is 0 Å². The molecule has 1 aromatic carbocycles. The van der Waals surface area contributed by atoms with Gasteiger partial charge in [0, 0.05) is 20.4 Å². The second kappa shape index (κ2) is 5.73. The molecule has 0 amide bonds. The molecule has 0 aliphatic carbocycles. The van der Waals surface area contributed by atoms with Gasteiger partial charge in [-0.05, 0) is 34.1 Å². The first-order chi connectivity index (χ1) is 8.58. The lowest BCUT2D eigenvalue weighted by Gasteiger charge is -2.04. The highest BCUT2D eigenvalue weighted by molar-refractivity contribution is 9.10. The van der Waals surface area contributed by atoms with E-state index in [1.54, 1.807) is 23.8 Å². The Morgan fingerprint density at radius 1 is 1.50 bits per heavy atom. The summed E-state index contributed by atoms with van der Waals surface area (Å²) in [6.07, 6.45) is 1.67. The Hall–Kier alpha value is -1.05. The summed E-state index contributed by atoms with van der Waals surface area (Å²) >= 11 is 4.58. The van der Waals surface area contributed by atoms with Crippen LogP contribution in [-0.2, 0) is 16.6 Å². The third-order valence-electron chi connectivity index (χ3n) is 2.19. The predicted octanol–water partition coefficient (Wildman–Crippen LogP) is 2.91. The number of nitrogens with zero attached hydrogens (tertiary/aromatic N) is 1. The van der Waals surface area contributed by atoms with Gasteiger partial charge in [0.15, 0.2) is 0 Å². The molecule has 0 spiro atoms. The van der Waals surface area contributed by atoms with E-state index in [9.17, 15) is 9.00 Å². The monoisotopic (exact) mass is 345 g/mol. The fraction of sp³-hybridized carbons (Fsp3) is 0.0909. The lowest BCUT2D eigenvalue weighted by Crippen LogP contribution is -2.01. The number of aromatic nitrogens is 1. The van der Waals surface area contributed by atoms with Crippen LogP contribution in [0.1, 0.15) is 15.2 Å². The number of hydrogen-bond donors (Lipinski definition) is 1. The number of thiazole rings is 1. The lowest BCUT2D eigenvalue weighted by atomic mass is 10.2. The van der Waals surface area contributed by atoms with Gasteiger partial charge in [-0.1, -0.05) is 0 Å². The molecule has 1 heterocycles. The summed E-state index contributed by atoms with van der Waals surface area (Å²) in [5.74, 6) is -0.691. The Bertz CT molecular complexity index is 598. The number of carbonyl (C=O) groups is 1. The van der Waals surface area contributed by atoms with Crippen molar-refractivity contribution in [2.24, 2.45) is 0 Å². The predicted molar refractivity (Wildman–Crippen MR) is 73.3 cm³/mol. The van der Waals surface area contributed by atoms with Crippen LogP contribution >= 0.6 is 27.3 Å². The van der Waals surface area contributed by atoms with Crippen LogP contribution in [0.3, 0.4) is 0 Å². The molecular weight excluding hydrogens is 338 g/mol. The summed E-state index contributed by atoms with van der Waals surface area (Å²) in [6, 6.07) is 4.70. The van der Waals surface area contributed by atoms with E-state index in [1.807, 2.05) is 0 Å². The summed E-state index contributed by atoms with van der Waals surface area (Å²) < 4.78 is 12.6. The minimum absolute atomic E-state index is 0.116. The number of carboxylic acid groups (broad SMARTS) is 1. The molecule has 1 N–H and O–H groups in total. The van der Waals surface area contributed by atoms with Gasteiger partial charge in [-0.25, -0.2) is 4.79 Å². The van der Waals surface area contributed by atoms with E-state index in [4.69, 9.17) is 5.11 Å². The fourth-order valence-corrected chi connectivity index (χ4v) is 3.69. The van der Waals surface area contributed by atoms with Crippen molar-refractivity contribution in [3.63, 3.8) is 0 Å². The molecule has 0 saturated heterocycles. The molecule has 0 aliphatic heterocycles. The van der Waals surface area contributed by atoms with E-state index in [0.29, 0.717) is 15.1 Å². The molecular formula is C11H8BrNO3S2. The summed E-state index contributed by atoms with van der Waals surface area (Å²) in [6.45, 7) is 0. The Morgan fingerprint density at radius 3 is 2.89 bits per heavy atom. The van der Waals surface area contributed by atoms with Crippen molar-refractivity contribution < 1.29 is 14.1 Å². The van der Waals surface area contributed by atoms with Gasteiger partial charge in [-0.15, -0.1) is 11.3 Å². The number of hydrogen-bond acceptors (Lipinski definition) is 4. The van der Waals surface area contributed by atoms with E-state index in [2.05, 4.69) is 20.9 Å². The molecule has 7 heteroatoms. The van der Waals surface area contributed by atoms with Crippen LogP contribution in [0.5, 0.6) is 0 Å². The zero-order valence-electron chi connectivity index (χ0n) is 9.00. The highest BCUT2D eigenvalue weighted by atomic mass is 79.9. The third kappa shape index (κ3) is 3.04. The van der Waals surface area contributed by atoms with Gasteiger partial charge in [0.1, 0.15) is 0 Å². The summed E-state index contributed by atoms with van der Waals surface area (Å²) in [5.41, 5.74) is 1.79.